The van der Waals surface area contributed by atoms with Crippen molar-refractivity contribution in [2.75, 3.05) is 5.73 Å². The third-order valence-corrected chi connectivity index (χ3v) is 4.34. The van der Waals surface area contributed by atoms with Gasteiger partial charge in [-0.3, -0.25) is 10.3 Å². The number of hydrogen-bond acceptors (Lipinski definition) is 5. The average Bonchev–Trinajstić information content (AvgIpc) is 2.99. The molecule has 1 aliphatic rings. The van der Waals surface area contributed by atoms with Gasteiger partial charge in [-0.1, -0.05) is 0 Å². The number of halogens is 3. The van der Waals surface area contributed by atoms with Gasteiger partial charge in [0.15, 0.2) is 11.7 Å². The molecule has 2 heterocycles. The van der Waals surface area contributed by atoms with Crippen LogP contribution >= 0.6 is 0 Å². The van der Waals surface area contributed by atoms with Crippen molar-refractivity contribution in [2.45, 2.75) is 51.8 Å². The van der Waals surface area contributed by atoms with Crippen LogP contribution in [0.3, 0.4) is 0 Å². The summed E-state index contributed by atoms with van der Waals surface area (Å²) in [6.07, 6.45) is -2.64. The number of nitrogen functional groups attached to an aromatic ring is 1. The van der Waals surface area contributed by atoms with Crippen LogP contribution in [-0.4, -0.2) is 27.1 Å². The molecule has 1 atom stereocenters. The monoisotopic (exact) mass is 409 g/mol. The van der Waals surface area contributed by atoms with Crippen molar-refractivity contribution in [1.29, 1.82) is 0 Å². The number of amidine groups is 1. The van der Waals surface area contributed by atoms with E-state index in [0.717, 1.165) is 6.20 Å². The summed E-state index contributed by atoms with van der Waals surface area (Å²) in [5.74, 6) is -0.654. The molecule has 1 unspecified atom stereocenters. The van der Waals surface area contributed by atoms with Crippen LogP contribution in [0.15, 0.2) is 29.4 Å². The van der Waals surface area contributed by atoms with Gasteiger partial charge in [-0.25, -0.2) is 22.9 Å². The maximum Gasteiger partial charge on any atom is 0.413 e. The Balaban J connectivity index is 2.10. The normalized spacial score (nSPS) is 19.0. The first-order chi connectivity index (χ1) is 13.4. The molecule has 0 radical (unpaired) electrons. The number of alkyl carbamates (subject to hydrolysis) is 1. The number of carbonyl (C=O) groups is 1. The van der Waals surface area contributed by atoms with Gasteiger partial charge in [0.2, 0.25) is 0 Å². The van der Waals surface area contributed by atoms with Crippen molar-refractivity contribution in [3.8, 4) is 0 Å². The topological polar surface area (TPSA) is 94.5 Å². The molecule has 7 nitrogen and oxygen atoms in total. The molecule has 0 saturated heterocycles. The van der Waals surface area contributed by atoms with Gasteiger partial charge in [0, 0.05) is 11.3 Å². The largest absolute Gasteiger partial charge is 0.444 e. The number of aromatic nitrogens is 2. The summed E-state index contributed by atoms with van der Waals surface area (Å²) in [7, 11) is 0. The van der Waals surface area contributed by atoms with E-state index >= 15 is 0 Å². The number of nitrogens with one attached hydrogen (secondary N) is 1. The zero-order chi connectivity index (χ0) is 21.6. The molecule has 1 amide bonds. The van der Waals surface area contributed by atoms with Crippen LogP contribution in [0.1, 0.15) is 51.2 Å². The van der Waals surface area contributed by atoms with Gasteiger partial charge in [0.1, 0.15) is 22.7 Å². The highest BCUT2D eigenvalue weighted by Gasteiger charge is 2.38. The van der Waals surface area contributed by atoms with Crippen molar-refractivity contribution >= 4 is 17.6 Å². The van der Waals surface area contributed by atoms with E-state index in [9.17, 15) is 18.0 Å². The minimum atomic E-state index is -2.81. The standard InChI is InChI=1S/C19H22F3N5O2/c1-18(2,3)29-17(28)25-15-16-24-8-13(14(21)22)27(16)9-19(4,26-15)11-7-10(23)5-6-12(11)20/h5-8,14H,9,23H2,1-4H3,(H,25,26,28). The predicted octanol–water partition coefficient (Wildman–Crippen LogP) is 3.74. The lowest BCUT2D eigenvalue weighted by molar-refractivity contribution is 0.0562. The second kappa shape index (κ2) is 7.09. The van der Waals surface area contributed by atoms with Crippen molar-refractivity contribution < 1.29 is 22.7 Å². The fraction of sp³-hybridized carbons (Fsp3) is 0.421. The summed E-state index contributed by atoms with van der Waals surface area (Å²) in [6, 6.07) is 3.97. The molecule has 29 heavy (non-hydrogen) atoms. The highest BCUT2D eigenvalue weighted by atomic mass is 19.3. The molecule has 0 spiro atoms. The lowest BCUT2D eigenvalue weighted by atomic mass is 9.90. The van der Waals surface area contributed by atoms with E-state index in [1.165, 1.54) is 22.8 Å². The van der Waals surface area contributed by atoms with Gasteiger partial charge in [-0.15, -0.1) is 0 Å². The molecule has 3 rings (SSSR count). The van der Waals surface area contributed by atoms with Crippen LogP contribution in [0.5, 0.6) is 0 Å². The summed E-state index contributed by atoms with van der Waals surface area (Å²) in [5, 5.41) is 2.45. The van der Waals surface area contributed by atoms with Crippen molar-refractivity contribution in [3.05, 3.63) is 47.3 Å². The Morgan fingerprint density at radius 2 is 2.07 bits per heavy atom. The summed E-state index contributed by atoms with van der Waals surface area (Å²) >= 11 is 0. The van der Waals surface area contributed by atoms with E-state index in [0.29, 0.717) is 5.69 Å². The van der Waals surface area contributed by atoms with Gasteiger partial charge in [-0.05, 0) is 45.9 Å². The summed E-state index contributed by atoms with van der Waals surface area (Å²) in [5.41, 5.74) is 3.72. The van der Waals surface area contributed by atoms with Gasteiger partial charge in [0.25, 0.3) is 6.43 Å². The molecule has 1 aromatic heterocycles. The molecule has 1 aliphatic heterocycles. The molecule has 0 aliphatic carbocycles. The molecule has 3 N–H and O–H groups in total. The van der Waals surface area contributed by atoms with E-state index in [-0.39, 0.29) is 29.5 Å². The van der Waals surface area contributed by atoms with E-state index in [1.54, 1.807) is 27.7 Å². The molecule has 10 heteroatoms. The Morgan fingerprint density at radius 1 is 1.38 bits per heavy atom. The number of nitrogens with zero attached hydrogens (tertiary/aromatic N) is 3. The second-order valence-corrected chi connectivity index (χ2v) is 7.99. The quantitative estimate of drug-likeness (QED) is 0.739. The van der Waals surface area contributed by atoms with Crippen LogP contribution < -0.4 is 11.1 Å². The molecule has 2 aromatic rings. The first-order valence-corrected chi connectivity index (χ1v) is 8.89. The molecule has 1 aromatic carbocycles. The molecule has 0 bridgehead atoms. The third kappa shape index (κ3) is 4.20. The van der Waals surface area contributed by atoms with Crippen molar-refractivity contribution in [2.24, 2.45) is 4.99 Å². The molecule has 0 fully saturated rings. The van der Waals surface area contributed by atoms with Crippen molar-refractivity contribution in [1.82, 2.24) is 14.9 Å². The molecular weight excluding hydrogens is 387 g/mol. The number of aliphatic imine (C=N–C) groups is 1. The van der Waals surface area contributed by atoms with E-state index in [1.807, 2.05) is 0 Å². The number of ether oxygens (including phenoxy) is 1. The summed E-state index contributed by atoms with van der Waals surface area (Å²) in [4.78, 5) is 20.7. The fourth-order valence-electron chi connectivity index (χ4n) is 3.14. The Morgan fingerprint density at radius 3 is 2.69 bits per heavy atom. The number of imidazole rings is 1. The number of amides is 1. The van der Waals surface area contributed by atoms with Gasteiger partial charge >= 0.3 is 6.09 Å². The van der Waals surface area contributed by atoms with Crippen LogP contribution in [0.2, 0.25) is 0 Å². The summed E-state index contributed by atoms with van der Waals surface area (Å²) < 4.78 is 48.0. The number of rotatable bonds is 2. The van der Waals surface area contributed by atoms with Gasteiger partial charge in [0.05, 0.1) is 12.7 Å². The predicted molar refractivity (Wildman–Crippen MR) is 101 cm³/mol. The second-order valence-electron chi connectivity index (χ2n) is 7.99. The van der Waals surface area contributed by atoms with Crippen LogP contribution in [0, 0.1) is 5.82 Å². The van der Waals surface area contributed by atoms with E-state index in [4.69, 9.17) is 10.5 Å². The highest BCUT2D eigenvalue weighted by molar-refractivity contribution is 6.05. The first-order valence-electron chi connectivity index (χ1n) is 8.89. The number of anilines is 1. The Hall–Kier alpha value is -3.04. The summed E-state index contributed by atoms with van der Waals surface area (Å²) in [6.45, 7) is 6.49. The number of hydrogen-bond donors (Lipinski definition) is 2. The zero-order valence-electron chi connectivity index (χ0n) is 16.5. The van der Waals surface area contributed by atoms with Crippen molar-refractivity contribution in [3.63, 3.8) is 0 Å². The highest BCUT2D eigenvalue weighted by Crippen LogP contribution is 2.36. The SMILES string of the molecule is CC(C)(C)OC(=O)NC1=NC(C)(c2cc(N)ccc2F)Cn2c(C(F)F)cnc21. The minimum absolute atomic E-state index is 0.0351. The lowest BCUT2D eigenvalue weighted by Crippen LogP contribution is -2.44. The van der Waals surface area contributed by atoms with Crippen LogP contribution in [-0.2, 0) is 16.8 Å². The van der Waals surface area contributed by atoms with Gasteiger partial charge < -0.3 is 15.0 Å². The minimum Gasteiger partial charge on any atom is -0.444 e. The lowest BCUT2D eigenvalue weighted by Gasteiger charge is -2.33. The third-order valence-electron chi connectivity index (χ3n) is 4.34. The van der Waals surface area contributed by atoms with E-state index < -0.39 is 29.5 Å². The Kier molecular flexibility index (Phi) is 5.06. The average molecular weight is 409 g/mol. The van der Waals surface area contributed by atoms with Crippen LogP contribution in [0.4, 0.5) is 23.7 Å². The smallest absolute Gasteiger partial charge is 0.413 e. The number of fused-ring (bicyclic) bond motifs is 1. The first kappa shape index (κ1) is 20.7. The number of benzene rings is 1. The fourth-order valence-corrected chi connectivity index (χ4v) is 3.14. The van der Waals surface area contributed by atoms with E-state index in [2.05, 4.69) is 15.3 Å². The number of carbonyl (C=O) groups excluding carboxylic acids is 1. The molecule has 0 saturated carbocycles. The Labute approximate surface area is 165 Å². The maximum atomic E-state index is 14.6. The maximum absolute atomic E-state index is 14.6. The van der Waals surface area contributed by atoms with Crippen LogP contribution in [0.25, 0.3) is 0 Å². The molecular formula is C19H22F3N5O2. The molecule has 156 valence electrons. The number of alkyl halides is 2. The zero-order valence-corrected chi connectivity index (χ0v) is 16.5. The van der Waals surface area contributed by atoms with Gasteiger partial charge in [-0.2, -0.15) is 0 Å². The Bertz CT molecular complexity index is 981. The number of nitrogens with two attached hydrogens (primary N) is 1.